The highest BCUT2D eigenvalue weighted by molar-refractivity contribution is 7.09. The monoisotopic (exact) mass is 363 g/mol. The molecule has 4 N–H and O–H groups in total. The van der Waals surface area contributed by atoms with Crippen LogP contribution in [-0.4, -0.2) is 50.8 Å². The molecule has 2 heterocycles. The Labute approximate surface area is 149 Å². The minimum Gasteiger partial charge on any atom is -0.391 e. The number of hydrogen-bond acceptors (Lipinski definition) is 6. The molecule has 0 aromatic carbocycles. The van der Waals surface area contributed by atoms with E-state index in [1.54, 1.807) is 22.9 Å². The van der Waals surface area contributed by atoms with Gasteiger partial charge in [-0.2, -0.15) is 5.10 Å². The molecule has 25 heavy (non-hydrogen) atoms. The number of aliphatic hydroxyl groups excluding tert-OH is 1. The van der Waals surface area contributed by atoms with Crippen LogP contribution in [0.4, 0.5) is 0 Å². The molecule has 134 valence electrons. The number of nitrogens with zero attached hydrogens (tertiary/aromatic N) is 2. The first-order valence-corrected chi connectivity index (χ1v) is 9.07. The molecule has 1 saturated carbocycles. The molecule has 2 aromatic rings. The first-order chi connectivity index (χ1) is 12.0. The summed E-state index contributed by atoms with van der Waals surface area (Å²) in [5.74, 6) is -0.715. The molecule has 0 bridgehead atoms. The highest BCUT2D eigenvalue weighted by Crippen LogP contribution is 2.26. The van der Waals surface area contributed by atoms with Crippen LogP contribution >= 0.6 is 11.3 Å². The first kappa shape index (κ1) is 17.6. The number of hydrogen-bond donors (Lipinski definition) is 4. The SMILES string of the molecule is Cc1ncsc1CCNC(=O)[C@@H]1C[C@@H](O)[C@H](NC(=O)c2ccn[nH]2)C1. The van der Waals surface area contributed by atoms with Crippen LogP contribution in [0.5, 0.6) is 0 Å². The largest absolute Gasteiger partial charge is 0.391 e. The molecule has 3 atom stereocenters. The number of aliphatic hydroxyl groups is 1. The van der Waals surface area contributed by atoms with Crippen LogP contribution < -0.4 is 10.6 Å². The molecule has 0 radical (unpaired) electrons. The number of aromatic nitrogens is 3. The molecule has 1 fully saturated rings. The predicted molar refractivity (Wildman–Crippen MR) is 92.1 cm³/mol. The Balaban J connectivity index is 1.46. The Kier molecular flexibility index (Phi) is 5.44. The van der Waals surface area contributed by atoms with E-state index in [1.807, 2.05) is 6.92 Å². The smallest absolute Gasteiger partial charge is 0.269 e. The lowest BCUT2D eigenvalue weighted by Gasteiger charge is -2.15. The lowest BCUT2D eigenvalue weighted by molar-refractivity contribution is -0.125. The van der Waals surface area contributed by atoms with Gasteiger partial charge in [0.25, 0.3) is 5.91 Å². The number of nitrogens with one attached hydrogen (secondary N) is 3. The van der Waals surface area contributed by atoms with Crippen molar-refractivity contribution in [2.75, 3.05) is 6.54 Å². The molecule has 0 unspecified atom stereocenters. The van der Waals surface area contributed by atoms with E-state index in [4.69, 9.17) is 0 Å². The molecule has 1 aliphatic carbocycles. The number of H-pyrrole nitrogens is 1. The van der Waals surface area contributed by atoms with Crippen molar-refractivity contribution in [3.05, 3.63) is 34.0 Å². The van der Waals surface area contributed by atoms with Crippen molar-refractivity contribution >= 4 is 23.2 Å². The normalized spacial score (nSPS) is 22.7. The number of thiazole rings is 1. The van der Waals surface area contributed by atoms with Crippen LogP contribution in [0.3, 0.4) is 0 Å². The summed E-state index contributed by atoms with van der Waals surface area (Å²) in [4.78, 5) is 29.7. The van der Waals surface area contributed by atoms with Gasteiger partial charge in [0.2, 0.25) is 5.91 Å². The van der Waals surface area contributed by atoms with Crippen LogP contribution in [0.1, 0.15) is 33.9 Å². The second-order valence-electron chi connectivity index (χ2n) is 6.19. The third-order valence-electron chi connectivity index (χ3n) is 4.46. The highest BCUT2D eigenvalue weighted by Gasteiger charge is 2.37. The average molecular weight is 363 g/mol. The van der Waals surface area contributed by atoms with Crippen molar-refractivity contribution in [2.24, 2.45) is 5.92 Å². The number of aryl methyl sites for hydroxylation is 1. The minimum absolute atomic E-state index is 0.0838. The maximum atomic E-state index is 12.3. The zero-order valence-electron chi connectivity index (χ0n) is 13.9. The van der Waals surface area contributed by atoms with Gasteiger partial charge in [0.05, 0.1) is 23.4 Å². The number of carbonyl (C=O) groups excluding carboxylic acids is 2. The lowest BCUT2D eigenvalue weighted by atomic mass is 10.1. The summed E-state index contributed by atoms with van der Waals surface area (Å²) >= 11 is 1.58. The molecule has 8 nitrogen and oxygen atoms in total. The van der Waals surface area contributed by atoms with Gasteiger partial charge in [0, 0.05) is 30.0 Å². The van der Waals surface area contributed by atoms with E-state index in [0.29, 0.717) is 25.1 Å². The summed E-state index contributed by atoms with van der Waals surface area (Å²) in [6.45, 7) is 2.49. The van der Waals surface area contributed by atoms with Gasteiger partial charge in [-0.1, -0.05) is 0 Å². The van der Waals surface area contributed by atoms with Crippen molar-refractivity contribution in [3.8, 4) is 0 Å². The van der Waals surface area contributed by atoms with E-state index >= 15 is 0 Å². The minimum atomic E-state index is -0.730. The summed E-state index contributed by atoms with van der Waals surface area (Å²) in [6, 6.07) is 1.12. The zero-order valence-corrected chi connectivity index (χ0v) is 14.7. The van der Waals surface area contributed by atoms with E-state index in [9.17, 15) is 14.7 Å². The first-order valence-electron chi connectivity index (χ1n) is 8.19. The van der Waals surface area contributed by atoms with E-state index < -0.39 is 12.1 Å². The topological polar surface area (TPSA) is 120 Å². The summed E-state index contributed by atoms with van der Waals surface area (Å²) in [6.07, 6.45) is 2.27. The molecule has 2 amide bonds. The zero-order chi connectivity index (χ0) is 17.8. The third kappa shape index (κ3) is 4.23. The Bertz CT molecular complexity index is 730. The summed E-state index contributed by atoms with van der Waals surface area (Å²) in [5.41, 5.74) is 3.13. The van der Waals surface area contributed by atoms with Gasteiger partial charge in [0.15, 0.2) is 0 Å². The van der Waals surface area contributed by atoms with Crippen molar-refractivity contribution in [2.45, 2.75) is 38.3 Å². The van der Waals surface area contributed by atoms with Crippen molar-refractivity contribution in [1.82, 2.24) is 25.8 Å². The maximum absolute atomic E-state index is 12.3. The maximum Gasteiger partial charge on any atom is 0.269 e. The van der Waals surface area contributed by atoms with Gasteiger partial charge in [0.1, 0.15) is 5.69 Å². The van der Waals surface area contributed by atoms with Crippen LogP contribution in [0.25, 0.3) is 0 Å². The molecule has 0 aliphatic heterocycles. The second kappa shape index (κ2) is 7.75. The van der Waals surface area contributed by atoms with Gasteiger partial charge in [-0.05, 0) is 25.8 Å². The number of rotatable bonds is 6. The fourth-order valence-corrected chi connectivity index (χ4v) is 3.80. The number of carbonyl (C=O) groups is 2. The fraction of sp³-hybridized carbons (Fsp3) is 0.500. The summed E-state index contributed by atoms with van der Waals surface area (Å²) in [5, 5.41) is 22.1. The van der Waals surface area contributed by atoms with Gasteiger partial charge < -0.3 is 15.7 Å². The van der Waals surface area contributed by atoms with Crippen LogP contribution in [0.15, 0.2) is 17.8 Å². The third-order valence-corrected chi connectivity index (χ3v) is 5.45. The van der Waals surface area contributed by atoms with E-state index in [0.717, 1.165) is 17.0 Å². The number of amides is 2. The highest BCUT2D eigenvalue weighted by atomic mass is 32.1. The Morgan fingerprint density at radius 1 is 1.44 bits per heavy atom. The van der Waals surface area contributed by atoms with Gasteiger partial charge in [-0.15, -0.1) is 11.3 Å². The lowest BCUT2D eigenvalue weighted by Crippen LogP contribution is -2.40. The van der Waals surface area contributed by atoms with Gasteiger partial charge in [-0.25, -0.2) is 4.98 Å². The summed E-state index contributed by atoms with van der Waals surface area (Å²) in [7, 11) is 0. The molecule has 0 saturated heterocycles. The quantitative estimate of drug-likeness (QED) is 0.592. The molecule has 2 aromatic heterocycles. The Morgan fingerprint density at radius 3 is 2.96 bits per heavy atom. The van der Waals surface area contributed by atoms with Gasteiger partial charge >= 0.3 is 0 Å². The predicted octanol–water partition coefficient (Wildman–Crippen LogP) is 0.403. The van der Waals surface area contributed by atoms with Crippen LogP contribution in [-0.2, 0) is 11.2 Å². The standard InChI is InChI=1S/C16H21N5O3S/c1-9-14(25-8-18-9)3-4-17-15(23)10-6-12(13(22)7-10)20-16(24)11-2-5-19-21-11/h2,5,8,10,12-13,22H,3-4,6-7H2,1H3,(H,17,23)(H,19,21)(H,20,24)/t10-,12+,13+/m0/s1. The molecule has 0 spiro atoms. The Morgan fingerprint density at radius 2 is 2.28 bits per heavy atom. The van der Waals surface area contributed by atoms with E-state index in [-0.39, 0.29) is 17.7 Å². The fourth-order valence-electron chi connectivity index (χ4n) is 3.02. The average Bonchev–Trinajstić information content (AvgIpc) is 3.31. The van der Waals surface area contributed by atoms with Crippen LogP contribution in [0.2, 0.25) is 0 Å². The molecule has 3 rings (SSSR count). The van der Waals surface area contributed by atoms with Crippen molar-refractivity contribution in [3.63, 3.8) is 0 Å². The van der Waals surface area contributed by atoms with E-state index in [2.05, 4.69) is 25.8 Å². The number of aromatic amines is 1. The van der Waals surface area contributed by atoms with Gasteiger partial charge in [-0.3, -0.25) is 14.7 Å². The molecular weight excluding hydrogens is 342 g/mol. The molecule has 9 heteroatoms. The molecular formula is C16H21N5O3S. The van der Waals surface area contributed by atoms with Crippen LogP contribution in [0, 0.1) is 12.8 Å². The Hall–Kier alpha value is -2.26. The van der Waals surface area contributed by atoms with Crippen molar-refractivity contribution < 1.29 is 14.7 Å². The second-order valence-corrected chi connectivity index (χ2v) is 7.13. The molecule has 1 aliphatic rings. The van der Waals surface area contributed by atoms with E-state index in [1.165, 1.54) is 6.20 Å². The van der Waals surface area contributed by atoms with Crippen molar-refractivity contribution in [1.29, 1.82) is 0 Å². The summed E-state index contributed by atoms with van der Waals surface area (Å²) < 4.78 is 0.